The molecule has 0 fully saturated rings. The highest BCUT2D eigenvalue weighted by Gasteiger charge is 2.22. The van der Waals surface area contributed by atoms with Crippen LogP contribution in [0.1, 0.15) is 41.1 Å². The summed E-state index contributed by atoms with van der Waals surface area (Å²) in [5, 5.41) is 11.4. The summed E-state index contributed by atoms with van der Waals surface area (Å²) in [6.07, 6.45) is 1.50. The minimum absolute atomic E-state index is 0.0324. The molecule has 2 amide bonds. The van der Waals surface area contributed by atoms with Crippen molar-refractivity contribution in [2.45, 2.75) is 26.3 Å². The molecule has 0 bridgehead atoms. The first kappa shape index (κ1) is 15.6. The first-order valence-electron chi connectivity index (χ1n) is 6.10. The van der Waals surface area contributed by atoms with Crippen LogP contribution in [0.4, 0.5) is 0 Å². The molecule has 0 saturated heterocycles. The summed E-state index contributed by atoms with van der Waals surface area (Å²) in [4.78, 5) is 37.6. The number of primary amides is 1. The monoisotopic (exact) mass is 279 g/mol. The first-order valence-corrected chi connectivity index (χ1v) is 6.10. The van der Waals surface area contributed by atoms with E-state index in [0.29, 0.717) is 6.42 Å². The van der Waals surface area contributed by atoms with Crippen molar-refractivity contribution in [1.29, 1.82) is 0 Å². The van der Waals surface area contributed by atoms with Crippen LogP contribution in [-0.4, -0.2) is 33.9 Å². The molecule has 0 aromatic carbocycles. The van der Waals surface area contributed by atoms with Crippen molar-refractivity contribution >= 4 is 17.8 Å². The van der Waals surface area contributed by atoms with E-state index in [-0.39, 0.29) is 17.2 Å². The number of nitrogens with one attached hydrogen (secondary N) is 1. The van der Waals surface area contributed by atoms with Crippen LogP contribution >= 0.6 is 0 Å². The van der Waals surface area contributed by atoms with Crippen molar-refractivity contribution in [3.8, 4) is 0 Å². The second kappa shape index (κ2) is 6.65. The third-order valence-corrected chi connectivity index (χ3v) is 2.59. The number of nitrogens with zero attached hydrogens (tertiary/aromatic N) is 1. The van der Waals surface area contributed by atoms with E-state index in [1.807, 2.05) is 13.8 Å². The minimum Gasteiger partial charge on any atom is -0.480 e. The lowest BCUT2D eigenvalue weighted by Crippen LogP contribution is -2.41. The lowest BCUT2D eigenvalue weighted by atomic mass is 10.0. The van der Waals surface area contributed by atoms with E-state index in [0.717, 1.165) is 0 Å². The molecule has 108 valence electrons. The van der Waals surface area contributed by atoms with Crippen molar-refractivity contribution in [3.05, 3.63) is 29.6 Å². The van der Waals surface area contributed by atoms with Gasteiger partial charge in [0, 0.05) is 6.20 Å². The van der Waals surface area contributed by atoms with Gasteiger partial charge >= 0.3 is 5.97 Å². The molecule has 4 N–H and O–H groups in total. The zero-order valence-electron chi connectivity index (χ0n) is 11.3. The number of carbonyl (C=O) groups excluding carboxylic acids is 2. The third kappa shape index (κ3) is 4.34. The Morgan fingerprint density at radius 2 is 2.00 bits per heavy atom. The molecule has 1 heterocycles. The van der Waals surface area contributed by atoms with Crippen molar-refractivity contribution in [2.24, 2.45) is 11.7 Å². The van der Waals surface area contributed by atoms with Gasteiger partial charge in [0.15, 0.2) is 0 Å². The van der Waals surface area contributed by atoms with E-state index in [2.05, 4.69) is 10.3 Å². The quantitative estimate of drug-likeness (QED) is 0.696. The number of hydrogen-bond acceptors (Lipinski definition) is 4. The molecule has 0 saturated carbocycles. The highest BCUT2D eigenvalue weighted by Crippen LogP contribution is 2.06. The van der Waals surface area contributed by atoms with Gasteiger partial charge in [0.05, 0.1) is 5.56 Å². The van der Waals surface area contributed by atoms with E-state index in [4.69, 9.17) is 10.8 Å². The molecule has 0 unspecified atom stereocenters. The van der Waals surface area contributed by atoms with Gasteiger partial charge in [-0.2, -0.15) is 0 Å². The minimum atomic E-state index is -1.10. The highest BCUT2D eigenvalue weighted by atomic mass is 16.4. The second-order valence-corrected chi connectivity index (χ2v) is 4.79. The number of pyridine rings is 1. The van der Waals surface area contributed by atoms with Gasteiger partial charge < -0.3 is 16.2 Å². The molecule has 7 nitrogen and oxygen atoms in total. The lowest BCUT2D eigenvalue weighted by Gasteiger charge is -2.16. The van der Waals surface area contributed by atoms with Gasteiger partial charge in [-0.05, 0) is 24.5 Å². The number of amides is 2. The fourth-order valence-corrected chi connectivity index (χ4v) is 1.60. The molecule has 1 aromatic rings. The van der Waals surface area contributed by atoms with Gasteiger partial charge in [-0.15, -0.1) is 0 Å². The van der Waals surface area contributed by atoms with Gasteiger partial charge in [0.2, 0.25) is 5.91 Å². The maximum Gasteiger partial charge on any atom is 0.326 e. The molecular weight excluding hydrogens is 262 g/mol. The molecule has 0 radical (unpaired) electrons. The summed E-state index contributed by atoms with van der Waals surface area (Å²) in [6, 6.07) is 1.71. The Balaban J connectivity index is 2.78. The number of carboxylic acids is 1. The van der Waals surface area contributed by atoms with Crippen LogP contribution in [0.5, 0.6) is 0 Å². The van der Waals surface area contributed by atoms with Gasteiger partial charge in [0.1, 0.15) is 11.7 Å². The van der Waals surface area contributed by atoms with Crippen molar-refractivity contribution in [3.63, 3.8) is 0 Å². The Bertz CT molecular complexity index is 511. The van der Waals surface area contributed by atoms with Crippen LogP contribution in [0.15, 0.2) is 18.3 Å². The van der Waals surface area contributed by atoms with Crippen LogP contribution in [0, 0.1) is 5.92 Å². The third-order valence-electron chi connectivity index (χ3n) is 2.59. The molecule has 0 aliphatic carbocycles. The first-order chi connectivity index (χ1) is 9.31. The predicted molar refractivity (Wildman–Crippen MR) is 71.1 cm³/mol. The molecule has 1 atom stereocenters. The Hall–Kier alpha value is -2.44. The maximum atomic E-state index is 11.9. The summed E-state index contributed by atoms with van der Waals surface area (Å²) < 4.78 is 0. The fraction of sp³-hybridized carbons (Fsp3) is 0.385. The van der Waals surface area contributed by atoms with Crippen LogP contribution in [-0.2, 0) is 4.79 Å². The Labute approximate surface area is 116 Å². The van der Waals surface area contributed by atoms with Crippen molar-refractivity contribution in [1.82, 2.24) is 10.3 Å². The standard InChI is InChI=1S/C13H17N3O4/c1-7(2)5-10(13(19)20)16-12(18)9-4-3-8(6-15-9)11(14)17/h3-4,6-7,10H,5H2,1-2H3,(H2,14,17)(H,16,18)(H,19,20)/t10-/m0/s1. The number of nitrogens with two attached hydrogens (primary N) is 1. The number of carbonyl (C=O) groups is 3. The molecule has 0 spiro atoms. The summed E-state index contributed by atoms with van der Waals surface area (Å²) in [5.74, 6) is -2.22. The van der Waals surface area contributed by atoms with Crippen LogP contribution < -0.4 is 11.1 Å². The smallest absolute Gasteiger partial charge is 0.326 e. The largest absolute Gasteiger partial charge is 0.480 e. The van der Waals surface area contributed by atoms with E-state index in [1.54, 1.807) is 0 Å². The van der Waals surface area contributed by atoms with Gasteiger partial charge in [-0.1, -0.05) is 13.8 Å². The number of aliphatic carboxylic acids is 1. The topological polar surface area (TPSA) is 122 Å². The fourth-order valence-electron chi connectivity index (χ4n) is 1.60. The Morgan fingerprint density at radius 3 is 2.40 bits per heavy atom. The van der Waals surface area contributed by atoms with Crippen molar-refractivity contribution in [2.75, 3.05) is 0 Å². The molecule has 20 heavy (non-hydrogen) atoms. The summed E-state index contributed by atoms with van der Waals surface area (Å²) >= 11 is 0. The van der Waals surface area contributed by atoms with Crippen molar-refractivity contribution < 1.29 is 19.5 Å². The van der Waals surface area contributed by atoms with Gasteiger partial charge in [-0.3, -0.25) is 14.6 Å². The maximum absolute atomic E-state index is 11.9. The average molecular weight is 279 g/mol. The summed E-state index contributed by atoms with van der Waals surface area (Å²) in [6.45, 7) is 3.73. The summed E-state index contributed by atoms with van der Waals surface area (Å²) in [7, 11) is 0. The second-order valence-electron chi connectivity index (χ2n) is 4.79. The number of rotatable bonds is 6. The molecule has 7 heteroatoms. The molecule has 1 aromatic heterocycles. The molecular formula is C13H17N3O4. The molecule has 0 aliphatic heterocycles. The highest BCUT2D eigenvalue weighted by molar-refractivity contribution is 5.96. The zero-order valence-corrected chi connectivity index (χ0v) is 11.3. The molecule has 1 rings (SSSR count). The van der Waals surface area contributed by atoms with E-state index in [9.17, 15) is 14.4 Å². The Morgan fingerprint density at radius 1 is 1.35 bits per heavy atom. The molecule has 0 aliphatic rings. The van der Waals surface area contributed by atoms with Crippen LogP contribution in [0.25, 0.3) is 0 Å². The average Bonchev–Trinajstić information content (AvgIpc) is 2.37. The van der Waals surface area contributed by atoms with E-state index >= 15 is 0 Å². The van der Waals surface area contributed by atoms with E-state index in [1.165, 1.54) is 18.3 Å². The normalized spacial score (nSPS) is 11.9. The number of carboxylic acid groups (broad SMARTS) is 1. The Kier molecular flexibility index (Phi) is 5.19. The van der Waals surface area contributed by atoms with Crippen LogP contribution in [0.3, 0.4) is 0 Å². The number of hydrogen-bond donors (Lipinski definition) is 3. The van der Waals surface area contributed by atoms with E-state index < -0.39 is 23.8 Å². The lowest BCUT2D eigenvalue weighted by molar-refractivity contribution is -0.139. The van der Waals surface area contributed by atoms with Gasteiger partial charge in [0.25, 0.3) is 5.91 Å². The van der Waals surface area contributed by atoms with Gasteiger partial charge in [-0.25, -0.2) is 4.79 Å². The van der Waals surface area contributed by atoms with Crippen LogP contribution in [0.2, 0.25) is 0 Å². The summed E-state index contributed by atoms with van der Waals surface area (Å²) in [5.41, 5.74) is 5.27. The number of aromatic nitrogens is 1. The SMILES string of the molecule is CC(C)C[C@H](NC(=O)c1ccc(C(N)=O)cn1)C(=O)O. The zero-order chi connectivity index (χ0) is 15.3. The predicted octanol–water partition coefficient (Wildman–Crippen LogP) is 0.410.